The summed E-state index contributed by atoms with van der Waals surface area (Å²) in [5.74, 6) is -0.102. The van der Waals surface area contributed by atoms with Crippen LogP contribution in [0.1, 0.15) is 17.3 Å². The molecule has 0 aliphatic rings. The van der Waals surface area contributed by atoms with Crippen LogP contribution in [0.5, 0.6) is 0 Å². The van der Waals surface area contributed by atoms with E-state index in [9.17, 15) is 9.59 Å². The van der Waals surface area contributed by atoms with Crippen LogP contribution < -0.4 is 5.56 Å². The molecule has 3 heterocycles. The van der Waals surface area contributed by atoms with Crippen LogP contribution in [0.3, 0.4) is 0 Å². The molecule has 30 heavy (non-hydrogen) atoms. The highest BCUT2D eigenvalue weighted by atomic mass is 16.5. The quantitative estimate of drug-likeness (QED) is 0.437. The molecule has 5 aromatic rings. The van der Waals surface area contributed by atoms with Gasteiger partial charge in [-0.2, -0.15) is 0 Å². The van der Waals surface area contributed by atoms with E-state index in [0.29, 0.717) is 33.6 Å². The number of carbonyl (C=O) groups is 1. The second-order valence-electron chi connectivity index (χ2n) is 6.82. The molecule has 0 radical (unpaired) electrons. The van der Waals surface area contributed by atoms with Crippen LogP contribution in [0, 0.1) is 0 Å². The maximum Gasteiger partial charge on any atom is 0.341 e. The largest absolute Gasteiger partial charge is 0.463 e. The Kier molecular flexibility index (Phi) is 4.25. The smallest absolute Gasteiger partial charge is 0.341 e. The number of nitrogens with zero attached hydrogens (tertiary/aromatic N) is 1. The number of nitrogens with one attached hydrogen (secondary N) is 1. The van der Waals surface area contributed by atoms with Gasteiger partial charge in [-0.15, -0.1) is 0 Å². The fraction of sp³-hybridized carbons (Fsp3) is 0.0833. The Hall–Kier alpha value is -4.06. The van der Waals surface area contributed by atoms with Crippen molar-refractivity contribution in [3.8, 4) is 17.1 Å². The number of hydrogen-bond acceptors (Lipinski definition) is 4. The van der Waals surface area contributed by atoms with E-state index in [2.05, 4.69) is 4.98 Å². The first-order chi connectivity index (χ1) is 14.7. The van der Waals surface area contributed by atoms with Crippen molar-refractivity contribution in [3.63, 3.8) is 0 Å². The average molecular weight is 398 g/mol. The second-order valence-corrected chi connectivity index (χ2v) is 6.82. The molecule has 0 fully saturated rings. The van der Waals surface area contributed by atoms with Gasteiger partial charge in [0.25, 0.3) is 5.56 Å². The number of para-hydroxylation sites is 2. The monoisotopic (exact) mass is 398 g/mol. The minimum Gasteiger partial charge on any atom is -0.463 e. The second kappa shape index (κ2) is 7.08. The van der Waals surface area contributed by atoms with Crippen LogP contribution in [-0.4, -0.2) is 22.1 Å². The number of fused-ring (bicyclic) bond motifs is 3. The average Bonchev–Trinajstić information content (AvgIpc) is 3.43. The molecule has 0 aliphatic heterocycles. The molecule has 0 unspecified atom stereocenters. The van der Waals surface area contributed by atoms with E-state index < -0.39 is 5.97 Å². The van der Waals surface area contributed by atoms with Gasteiger partial charge in [0.15, 0.2) is 5.76 Å². The Morgan fingerprint density at radius 1 is 1.03 bits per heavy atom. The third-order valence-electron chi connectivity index (χ3n) is 5.08. The van der Waals surface area contributed by atoms with E-state index in [1.807, 2.05) is 54.6 Å². The van der Waals surface area contributed by atoms with Crippen molar-refractivity contribution >= 4 is 27.8 Å². The maximum absolute atomic E-state index is 13.7. The molecule has 0 aliphatic carbocycles. The molecule has 0 atom stereocenters. The van der Waals surface area contributed by atoms with Crippen LogP contribution in [0.2, 0.25) is 0 Å². The Bertz CT molecular complexity index is 1430. The molecule has 2 aromatic carbocycles. The lowest BCUT2D eigenvalue weighted by Gasteiger charge is -2.16. The van der Waals surface area contributed by atoms with Gasteiger partial charge in [0, 0.05) is 22.0 Å². The summed E-state index contributed by atoms with van der Waals surface area (Å²) in [5, 5.41) is 1.31. The summed E-state index contributed by atoms with van der Waals surface area (Å²) in [7, 11) is 0. The highest BCUT2D eigenvalue weighted by Gasteiger charge is 2.28. The highest BCUT2D eigenvalue weighted by molar-refractivity contribution is 6.19. The number of furan rings is 1. The lowest BCUT2D eigenvalue weighted by molar-refractivity contribution is 0.0529. The number of hydrogen-bond donors (Lipinski definition) is 1. The minimum atomic E-state index is -0.511. The predicted octanol–water partition coefficient (Wildman–Crippen LogP) is 4.91. The van der Waals surface area contributed by atoms with E-state index in [-0.39, 0.29) is 12.2 Å². The fourth-order valence-corrected chi connectivity index (χ4v) is 3.88. The van der Waals surface area contributed by atoms with Crippen molar-refractivity contribution in [1.29, 1.82) is 0 Å². The van der Waals surface area contributed by atoms with Crippen LogP contribution in [0.15, 0.2) is 82.2 Å². The zero-order chi connectivity index (χ0) is 20.7. The van der Waals surface area contributed by atoms with Gasteiger partial charge in [0.1, 0.15) is 11.2 Å². The first-order valence-electron chi connectivity index (χ1n) is 9.66. The maximum atomic E-state index is 13.7. The Morgan fingerprint density at radius 2 is 1.80 bits per heavy atom. The topological polar surface area (TPSA) is 77.2 Å². The Labute approximate surface area is 171 Å². The van der Waals surface area contributed by atoms with Gasteiger partial charge in [0.2, 0.25) is 0 Å². The van der Waals surface area contributed by atoms with Gasteiger partial charge >= 0.3 is 5.97 Å². The number of aromatic amines is 1. The standard InChI is InChI=1S/C24H18N2O4/c1-2-29-24(28)20-19-16-11-6-7-12-17(16)25-21(19)23(27)26(15-9-4-3-5-10-15)22(20)18-13-8-14-30-18/h3-14,25H,2H2,1H3. The number of carbonyl (C=O) groups excluding carboxylic acids is 1. The molecule has 148 valence electrons. The van der Waals surface area contributed by atoms with Crippen molar-refractivity contribution in [3.05, 3.63) is 88.9 Å². The van der Waals surface area contributed by atoms with Crippen molar-refractivity contribution in [2.45, 2.75) is 6.92 Å². The normalized spacial score (nSPS) is 11.2. The molecule has 6 nitrogen and oxygen atoms in total. The summed E-state index contributed by atoms with van der Waals surface area (Å²) in [4.78, 5) is 30.1. The van der Waals surface area contributed by atoms with Crippen molar-refractivity contribution in [1.82, 2.24) is 9.55 Å². The number of pyridine rings is 1. The Balaban J connectivity index is 2.05. The molecule has 0 bridgehead atoms. The van der Waals surface area contributed by atoms with Crippen molar-refractivity contribution < 1.29 is 13.9 Å². The molecular formula is C24H18N2O4. The van der Waals surface area contributed by atoms with Crippen LogP contribution in [-0.2, 0) is 4.74 Å². The molecule has 1 N–H and O–H groups in total. The molecule has 0 spiro atoms. The molecule has 6 heteroatoms. The third-order valence-corrected chi connectivity index (χ3v) is 5.08. The van der Waals surface area contributed by atoms with Crippen molar-refractivity contribution in [2.24, 2.45) is 0 Å². The van der Waals surface area contributed by atoms with Crippen molar-refractivity contribution in [2.75, 3.05) is 6.61 Å². The fourth-order valence-electron chi connectivity index (χ4n) is 3.88. The minimum absolute atomic E-state index is 0.213. The number of benzene rings is 2. The van der Waals surface area contributed by atoms with Gasteiger partial charge < -0.3 is 14.1 Å². The molecule has 0 amide bonds. The summed E-state index contributed by atoms with van der Waals surface area (Å²) in [5.41, 5.74) is 2.13. The van der Waals surface area contributed by atoms with E-state index in [1.54, 1.807) is 19.1 Å². The molecular weight excluding hydrogens is 380 g/mol. The number of ether oxygens (including phenoxy) is 1. The van der Waals surface area contributed by atoms with Gasteiger partial charge in [-0.25, -0.2) is 4.79 Å². The van der Waals surface area contributed by atoms with E-state index in [1.165, 1.54) is 10.8 Å². The predicted molar refractivity (Wildman–Crippen MR) is 115 cm³/mol. The Morgan fingerprint density at radius 3 is 2.53 bits per heavy atom. The lowest BCUT2D eigenvalue weighted by atomic mass is 10.0. The first kappa shape index (κ1) is 18.0. The van der Waals surface area contributed by atoms with E-state index >= 15 is 0 Å². The van der Waals surface area contributed by atoms with Gasteiger partial charge in [-0.05, 0) is 37.3 Å². The summed E-state index contributed by atoms with van der Waals surface area (Å²) in [6, 6.07) is 20.2. The van der Waals surface area contributed by atoms with Crippen LogP contribution >= 0.6 is 0 Å². The molecule has 5 rings (SSSR count). The van der Waals surface area contributed by atoms with E-state index in [4.69, 9.17) is 9.15 Å². The zero-order valence-corrected chi connectivity index (χ0v) is 16.2. The lowest BCUT2D eigenvalue weighted by Crippen LogP contribution is -2.24. The zero-order valence-electron chi connectivity index (χ0n) is 16.2. The third kappa shape index (κ3) is 2.65. The number of aromatic nitrogens is 2. The van der Waals surface area contributed by atoms with E-state index in [0.717, 1.165) is 10.9 Å². The number of H-pyrrole nitrogens is 1. The summed E-state index contributed by atoms with van der Waals surface area (Å²) < 4.78 is 12.6. The van der Waals surface area contributed by atoms with Gasteiger partial charge in [0.05, 0.1) is 18.4 Å². The molecule has 0 saturated heterocycles. The summed E-state index contributed by atoms with van der Waals surface area (Å²) in [6.45, 7) is 1.97. The van der Waals surface area contributed by atoms with Crippen LogP contribution in [0.25, 0.3) is 38.9 Å². The number of rotatable bonds is 4. The van der Waals surface area contributed by atoms with Gasteiger partial charge in [-0.1, -0.05) is 36.4 Å². The van der Waals surface area contributed by atoms with Crippen LogP contribution in [0.4, 0.5) is 0 Å². The number of esters is 1. The highest BCUT2D eigenvalue weighted by Crippen LogP contribution is 2.35. The first-order valence-corrected chi connectivity index (χ1v) is 9.66. The summed E-state index contributed by atoms with van der Waals surface area (Å²) >= 11 is 0. The molecule has 0 saturated carbocycles. The summed E-state index contributed by atoms with van der Waals surface area (Å²) in [6.07, 6.45) is 1.52. The molecule has 3 aromatic heterocycles. The van der Waals surface area contributed by atoms with Gasteiger partial charge in [-0.3, -0.25) is 9.36 Å². The SMILES string of the molecule is CCOC(=O)c1c(-c2ccco2)n(-c2ccccc2)c(=O)c2[nH]c3ccccc3c12.